The molecule has 3 aliphatic rings. The van der Waals surface area contributed by atoms with E-state index in [0.717, 1.165) is 43.7 Å². The molecule has 7 nitrogen and oxygen atoms in total. The van der Waals surface area contributed by atoms with Crippen LogP contribution < -0.4 is 20.4 Å². The summed E-state index contributed by atoms with van der Waals surface area (Å²) in [6.07, 6.45) is 5.99. The number of anilines is 1. The summed E-state index contributed by atoms with van der Waals surface area (Å²) in [7, 11) is 1.60. The number of carboxylic acids is 1. The fourth-order valence-electron chi connectivity index (χ4n) is 4.83. The van der Waals surface area contributed by atoms with Gasteiger partial charge in [-0.25, -0.2) is 4.79 Å². The van der Waals surface area contributed by atoms with Crippen LogP contribution in [-0.4, -0.2) is 48.4 Å². The van der Waals surface area contributed by atoms with E-state index in [2.05, 4.69) is 10.2 Å². The second-order valence-electron chi connectivity index (χ2n) is 8.22. The van der Waals surface area contributed by atoms with Gasteiger partial charge in [-0.05, 0) is 50.3 Å². The fourth-order valence-corrected chi connectivity index (χ4v) is 4.83. The Balaban J connectivity index is 1.66. The van der Waals surface area contributed by atoms with Crippen LogP contribution in [0.1, 0.15) is 42.1 Å². The van der Waals surface area contributed by atoms with E-state index < -0.39 is 11.4 Å². The molecule has 3 heterocycles. The number of aromatic nitrogens is 1. The number of pyridine rings is 1. The summed E-state index contributed by atoms with van der Waals surface area (Å²) in [5.41, 5.74) is 1.17. The smallest absolute Gasteiger partial charge is 0.341 e. The zero-order chi connectivity index (χ0) is 19.4. The molecule has 148 valence electrons. The van der Waals surface area contributed by atoms with Crippen molar-refractivity contribution in [1.82, 2.24) is 9.88 Å². The third-order valence-electron chi connectivity index (χ3n) is 6.44. The van der Waals surface area contributed by atoms with E-state index in [1.165, 1.54) is 19.0 Å². The van der Waals surface area contributed by atoms with Gasteiger partial charge in [0.2, 0.25) is 5.43 Å². The number of aromatic carboxylic acids is 1. The van der Waals surface area contributed by atoms with Crippen LogP contribution in [0.5, 0.6) is 5.75 Å². The first-order valence-electron chi connectivity index (χ1n) is 10.1. The number of hydrogen-bond acceptors (Lipinski definition) is 5. The number of nitrogens with one attached hydrogen (secondary N) is 1. The summed E-state index contributed by atoms with van der Waals surface area (Å²) in [6.45, 7) is 2.97. The number of nitrogens with zero attached hydrogens (tertiary/aromatic N) is 2. The van der Waals surface area contributed by atoms with E-state index in [0.29, 0.717) is 23.1 Å². The van der Waals surface area contributed by atoms with E-state index in [-0.39, 0.29) is 11.6 Å². The molecular formula is C21H25N3O4. The standard InChI is InChI=1S/C21H25N3O4/c1-28-19-7-14-17(24(13-4-5-13)10-15(20(14)25)21(26)27)8-18(19)23-9-12-3-2-6-22-16(12)11-23/h7-8,10,12-13,16,22H,2-6,9,11H2,1H3,(H,26,27)/t12-,16+/m0/s1. The van der Waals surface area contributed by atoms with E-state index in [1.54, 1.807) is 13.2 Å². The van der Waals surface area contributed by atoms with Gasteiger partial charge >= 0.3 is 5.97 Å². The summed E-state index contributed by atoms with van der Waals surface area (Å²) < 4.78 is 7.61. The Morgan fingerprint density at radius 3 is 2.75 bits per heavy atom. The first-order chi connectivity index (χ1) is 13.6. The zero-order valence-corrected chi connectivity index (χ0v) is 16.0. The Hall–Kier alpha value is -2.54. The van der Waals surface area contributed by atoms with Crippen molar-refractivity contribution in [1.29, 1.82) is 0 Å². The molecule has 0 unspecified atom stereocenters. The maximum atomic E-state index is 12.8. The Bertz CT molecular complexity index is 997. The molecule has 7 heteroatoms. The molecule has 0 radical (unpaired) electrons. The minimum absolute atomic E-state index is 0.175. The molecule has 2 atom stereocenters. The van der Waals surface area contributed by atoms with Gasteiger partial charge in [-0.1, -0.05) is 0 Å². The summed E-state index contributed by atoms with van der Waals surface area (Å²) >= 11 is 0. The molecule has 2 N–H and O–H groups in total. The molecule has 5 rings (SSSR count). The number of benzene rings is 1. The molecule has 1 aliphatic carbocycles. The second-order valence-corrected chi connectivity index (χ2v) is 8.22. The van der Waals surface area contributed by atoms with Crippen molar-refractivity contribution in [2.45, 2.75) is 37.8 Å². The molecule has 0 bridgehead atoms. The van der Waals surface area contributed by atoms with Crippen LogP contribution in [-0.2, 0) is 0 Å². The quantitative estimate of drug-likeness (QED) is 0.842. The van der Waals surface area contributed by atoms with Crippen molar-refractivity contribution >= 4 is 22.6 Å². The monoisotopic (exact) mass is 383 g/mol. The van der Waals surface area contributed by atoms with Crippen LogP contribution in [0.2, 0.25) is 0 Å². The molecule has 0 spiro atoms. The van der Waals surface area contributed by atoms with Crippen LogP contribution in [0.4, 0.5) is 5.69 Å². The minimum Gasteiger partial charge on any atom is -0.495 e. The molecule has 2 saturated heterocycles. The molecule has 3 fully saturated rings. The average molecular weight is 383 g/mol. The predicted octanol–water partition coefficient (Wildman–Crippen LogP) is 2.23. The van der Waals surface area contributed by atoms with E-state index >= 15 is 0 Å². The lowest BCUT2D eigenvalue weighted by Crippen LogP contribution is -2.40. The zero-order valence-electron chi connectivity index (χ0n) is 16.0. The van der Waals surface area contributed by atoms with Crippen molar-refractivity contribution in [3.63, 3.8) is 0 Å². The third-order valence-corrected chi connectivity index (χ3v) is 6.44. The highest BCUT2D eigenvalue weighted by Crippen LogP contribution is 2.41. The first kappa shape index (κ1) is 17.6. The number of carbonyl (C=O) groups is 1. The fraction of sp³-hybridized carbons (Fsp3) is 0.524. The number of carboxylic acid groups (broad SMARTS) is 1. The van der Waals surface area contributed by atoms with Gasteiger partial charge in [0, 0.05) is 31.4 Å². The van der Waals surface area contributed by atoms with Gasteiger partial charge in [0.15, 0.2) is 0 Å². The summed E-state index contributed by atoms with van der Waals surface area (Å²) in [6, 6.07) is 4.52. The van der Waals surface area contributed by atoms with Gasteiger partial charge in [-0.2, -0.15) is 0 Å². The maximum absolute atomic E-state index is 12.8. The lowest BCUT2D eigenvalue weighted by Gasteiger charge is -2.24. The van der Waals surface area contributed by atoms with Gasteiger partial charge < -0.3 is 24.6 Å². The molecule has 2 aromatic rings. The number of rotatable bonds is 4. The summed E-state index contributed by atoms with van der Waals surface area (Å²) in [5.74, 6) is 0.0846. The number of hydrogen-bond donors (Lipinski definition) is 2. The second kappa shape index (κ2) is 6.51. The van der Waals surface area contributed by atoms with E-state index in [9.17, 15) is 14.7 Å². The Labute approximate surface area is 162 Å². The normalized spacial score (nSPS) is 24.4. The van der Waals surface area contributed by atoms with Crippen LogP contribution >= 0.6 is 0 Å². The lowest BCUT2D eigenvalue weighted by molar-refractivity contribution is 0.0695. The number of methoxy groups -OCH3 is 1. The van der Waals surface area contributed by atoms with E-state index in [4.69, 9.17) is 4.74 Å². The van der Waals surface area contributed by atoms with Crippen molar-refractivity contribution in [3.05, 3.63) is 34.1 Å². The van der Waals surface area contributed by atoms with E-state index in [1.807, 2.05) is 10.6 Å². The van der Waals surface area contributed by atoms with Crippen LogP contribution in [0.15, 0.2) is 23.1 Å². The molecule has 0 amide bonds. The maximum Gasteiger partial charge on any atom is 0.341 e. The van der Waals surface area contributed by atoms with Gasteiger partial charge in [-0.3, -0.25) is 4.79 Å². The van der Waals surface area contributed by atoms with Crippen molar-refractivity contribution < 1.29 is 14.6 Å². The Morgan fingerprint density at radius 1 is 1.25 bits per heavy atom. The van der Waals surface area contributed by atoms with Gasteiger partial charge in [0.05, 0.1) is 23.7 Å². The lowest BCUT2D eigenvalue weighted by atomic mass is 9.94. The number of fused-ring (bicyclic) bond motifs is 2. The highest BCUT2D eigenvalue weighted by atomic mass is 16.5. The number of piperidine rings is 1. The highest BCUT2D eigenvalue weighted by molar-refractivity contribution is 5.94. The topological polar surface area (TPSA) is 83.8 Å². The molecule has 1 aromatic heterocycles. The first-order valence-corrected chi connectivity index (χ1v) is 10.1. The predicted molar refractivity (Wildman–Crippen MR) is 107 cm³/mol. The van der Waals surface area contributed by atoms with Crippen LogP contribution in [0.3, 0.4) is 0 Å². The Kier molecular flexibility index (Phi) is 4.08. The molecular weight excluding hydrogens is 358 g/mol. The van der Waals surface area contributed by atoms with Gasteiger partial charge in [0.25, 0.3) is 0 Å². The Morgan fingerprint density at radius 2 is 2.07 bits per heavy atom. The molecule has 1 aromatic carbocycles. The van der Waals surface area contributed by atoms with Crippen LogP contribution in [0, 0.1) is 5.92 Å². The largest absolute Gasteiger partial charge is 0.495 e. The molecule has 28 heavy (non-hydrogen) atoms. The molecule has 2 aliphatic heterocycles. The van der Waals surface area contributed by atoms with Crippen molar-refractivity contribution in [3.8, 4) is 5.75 Å². The summed E-state index contributed by atoms with van der Waals surface area (Å²) in [4.78, 5) is 26.7. The van der Waals surface area contributed by atoms with Crippen LogP contribution in [0.25, 0.3) is 10.9 Å². The highest BCUT2D eigenvalue weighted by Gasteiger charge is 2.36. The molecule has 1 saturated carbocycles. The van der Waals surface area contributed by atoms with Gasteiger partial charge in [-0.15, -0.1) is 0 Å². The summed E-state index contributed by atoms with van der Waals surface area (Å²) in [5, 5.41) is 13.5. The minimum atomic E-state index is -1.18. The SMILES string of the molecule is COc1cc2c(=O)c(C(=O)O)cn(C3CC3)c2cc1N1C[C@@H]2CCCN[C@@H]2C1. The van der Waals surface area contributed by atoms with Gasteiger partial charge in [0.1, 0.15) is 11.3 Å². The van der Waals surface area contributed by atoms with Crippen molar-refractivity contribution in [2.75, 3.05) is 31.6 Å². The third kappa shape index (κ3) is 2.76. The average Bonchev–Trinajstić information content (AvgIpc) is 3.44. The van der Waals surface area contributed by atoms with Crippen molar-refractivity contribution in [2.24, 2.45) is 5.92 Å². The number of ether oxygens (including phenoxy) is 1.